The van der Waals surface area contributed by atoms with E-state index in [9.17, 15) is 10.2 Å². The molecule has 0 bridgehead atoms. The number of aromatic hydroxyl groups is 1. The van der Waals surface area contributed by atoms with E-state index in [1.165, 1.54) is 0 Å². The molecule has 0 aromatic heterocycles. The Hall–Kier alpha value is -0.100. The fourth-order valence-corrected chi connectivity index (χ4v) is 2.74. The first-order valence-corrected chi connectivity index (χ1v) is 6.52. The van der Waals surface area contributed by atoms with Crippen LogP contribution in [-0.2, 0) is 0 Å². The second kappa shape index (κ2) is 6.00. The molecule has 3 nitrogen and oxygen atoms in total. The maximum absolute atomic E-state index is 10.0. The summed E-state index contributed by atoms with van der Waals surface area (Å²) in [5.41, 5.74) is 0.460. The summed E-state index contributed by atoms with van der Waals surface area (Å²) >= 11 is 6.51. The molecule has 0 unspecified atom stereocenters. The Morgan fingerprint density at radius 2 is 1.94 bits per heavy atom. The number of hydrogen-bond acceptors (Lipinski definition) is 3. The predicted octanol–water partition coefficient (Wildman–Crippen LogP) is 2.97. The molecule has 3 N–H and O–H groups in total. The first kappa shape index (κ1) is 14.0. The van der Waals surface area contributed by atoms with Gasteiger partial charge in [0.15, 0.2) is 0 Å². The van der Waals surface area contributed by atoms with Gasteiger partial charge >= 0.3 is 0 Å². The molecular formula is C11H14Br2O3. The van der Waals surface area contributed by atoms with Gasteiger partial charge in [-0.1, -0.05) is 22.9 Å². The van der Waals surface area contributed by atoms with Gasteiger partial charge in [-0.25, -0.2) is 0 Å². The molecule has 1 rings (SSSR count). The molecule has 1 aromatic carbocycles. The van der Waals surface area contributed by atoms with Crippen LogP contribution in [0.5, 0.6) is 5.75 Å². The van der Waals surface area contributed by atoms with Gasteiger partial charge in [0.25, 0.3) is 0 Å². The molecule has 2 atom stereocenters. The zero-order valence-electron chi connectivity index (χ0n) is 8.82. The van der Waals surface area contributed by atoms with Crippen LogP contribution >= 0.6 is 31.9 Å². The van der Waals surface area contributed by atoms with Crippen molar-refractivity contribution < 1.29 is 15.3 Å². The van der Waals surface area contributed by atoms with Crippen LogP contribution in [-0.4, -0.2) is 21.9 Å². The molecule has 0 saturated heterocycles. The van der Waals surface area contributed by atoms with Crippen molar-refractivity contribution in [1.29, 1.82) is 0 Å². The lowest BCUT2D eigenvalue weighted by Gasteiger charge is -2.20. The first-order chi connectivity index (χ1) is 7.47. The Bertz CT molecular complexity index is 368. The molecule has 1 aromatic rings. The molecule has 0 spiro atoms. The SMILES string of the molecule is C[C@@H](CCO)[C@@H](O)c1cc(Br)cc(Br)c1O. The van der Waals surface area contributed by atoms with Gasteiger partial charge < -0.3 is 15.3 Å². The van der Waals surface area contributed by atoms with Gasteiger partial charge in [0, 0.05) is 16.6 Å². The lowest BCUT2D eigenvalue weighted by Crippen LogP contribution is -2.11. The van der Waals surface area contributed by atoms with Gasteiger partial charge in [-0.2, -0.15) is 0 Å². The second-order valence-corrected chi connectivity index (χ2v) is 5.53. The molecule has 90 valence electrons. The summed E-state index contributed by atoms with van der Waals surface area (Å²) in [6.45, 7) is 1.85. The Morgan fingerprint density at radius 3 is 2.50 bits per heavy atom. The summed E-state index contributed by atoms with van der Waals surface area (Å²) in [5.74, 6) is -0.0717. The molecule has 0 fully saturated rings. The van der Waals surface area contributed by atoms with E-state index in [1.54, 1.807) is 12.1 Å². The van der Waals surface area contributed by atoms with Crippen LogP contribution in [0.25, 0.3) is 0 Å². The summed E-state index contributed by atoms with van der Waals surface area (Å²) in [7, 11) is 0. The van der Waals surface area contributed by atoms with Crippen LogP contribution in [0, 0.1) is 5.92 Å². The number of aliphatic hydroxyl groups is 2. The van der Waals surface area contributed by atoms with E-state index in [-0.39, 0.29) is 18.3 Å². The lowest BCUT2D eigenvalue weighted by molar-refractivity contribution is 0.0965. The van der Waals surface area contributed by atoms with Gasteiger partial charge in [-0.3, -0.25) is 0 Å². The van der Waals surface area contributed by atoms with E-state index in [0.29, 0.717) is 16.5 Å². The zero-order chi connectivity index (χ0) is 12.3. The summed E-state index contributed by atoms with van der Waals surface area (Å²) in [6.07, 6.45) is -0.300. The summed E-state index contributed by atoms with van der Waals surface area (Å²) < 4.78 is 1.31. The molecule has 0 aliphatic carbocycles. The number of rotatable bonds is 4. The minimum absolute atomic E-state index is 0.0220. The van der Waals surface area contributed by atoms with Crippen LogP contribution in [0.4, 0.5) is 0 Å². The average Bonchev–Trinajstić information content (AvgIpc) is 2.22. The van der Waals surface area contributed by atoms with Gasteiger partial charge in [0.1, 0.15) is 5.75 Å². The predicted molar refractivity (Wildman–Crippen MR) is 69.3 cm³/mol. The van der Waals surface area contributed by atoms with E-state index < -0.39 is 6.10 Å². The van der Waals surface area contributed by atoms with Crippen LogP contribution in [0.2, 0.25) is 0 Å². The third kappa shape index (κ3) is 3.20. The molecule has 0 radical (unpaired) electrons. The summed E-state index contributed by atoms with van der Waals surface area (Å²) in [5, 5.41) is 28.7. The zero-order valence-corrected chi connectivity index (χ0v) is 12.0. The highest BCUT2D eigenvalue weighted by Gasteiger charge is 2.21. The Balaban J connectivity index is 3.03. The number of benzene rings is 1. The van der Waals surface area contributed by atoms with Crippen molar-refractivity contribution in [2.24, 2.45) is 5.92 Å². The number of hydrogen-bond donors (Lipinski definition) is 3. The second-order valence-electron chi connectivity index (χ2n) is 3.76. The molecule has 0 heterocycles. The van der Waals surface area contributed by atoms with Crippen LogP contribution < -0.4 is 0 Å². The normalized spacial score (nSPS) is 14.8. The monoisotopic (exact) mass is 352 g/mol. The smallest absolute Gasteiger partial charge is 0.135 e. The van der Waals surface area contributed by atoms with Crippen molar-refractivity contribution in [2.75, 3.05) is 6.61 Å². The Kier molecular flexibility index (Phi) is 5.24. The van der Waals surface area contributed by atoms with Crippen LogP contribution in [0.15, 0.2) is 21.1 Å². The third-order valence-electron chi connectivity index (χ3n) is 2.50. The maximum atomic E-state index is 10.0. The Morgan fingerprint density at radius 1 is 1.31 bits per heavy atom. The standard InChI is InChI=1S/C11H14Br2O3/c1-6(2-3-14)10(15)8-4-7(12)5-9(13)11(8)16/h4-6,10,14-16H,2-3H2,1H3/t6-,10+/m0/s1. The van der Waals surface area contributed by atoms with Crippen molar-refractivity contribution in [1.82, 2.24) is 0 Å². The van der Waals surface area contributed by atoms with Gasteiger partial charge in [0.05, 0.1) is 10.6 Å². The number of aliphatic hydroxyl groups excluding tert-OH is 2. The van der Waals surface area contributed by atoms with Crippen LogP contribution in [0.1, 0.15) is 25.0 Å². The fourth-order valence-electron chi connectivity index (χ4n) is 1.48. The average molecular weight is 354 g/mol. The van der Waals surface area contributed by atoms with E-state index in [4.69, 9.17) is 5.11 Å². The third-order valence-corrected chi connectivity index (χ3v) is 3.56. The van der Waals surface area contributed by atoms with Crippen molar-refractivity contribution in [3.8, 4) is 5.75 Å². The highest BCUT2D eigenvalue weighted by Crippen LogP contribution is 2.38. The molecule has 0 aliphatic heterocycles. The molecular weight excluding hydrogens is 340 g/mol. The van der Waals surface area contributed by atoms with Crippen molar-refractivity contribution in [3.05, 3.63) is 26.6 Å². The summed E-state index contributed by atoms with van der Waals surface area (Å²) in [4.78, 5) is 0. The molecule has 16 heavy (non-hydrogen) atoms. The molecule has 5 heteroatoms. The van der Waals surface area contributed by atoms with Gasteiger partial charge in [0.2, 0.25) is 0 Å². The van der Waals surface area contributed by atoms with Crippen molar-refractivity contribution in [2.45, 2.75) is 19.4 Å². The molecule has 0 amide bonds. The van der Waals surface area contributed by atoms with E-state index in [0.717, 1.165) is 4.47 Å². The Labute approximate surface area is 111 Å². The number of halogens is 2. The maximum Gasteiger partial charge on any atom is 0.135 e. The summed E-state index contributed by atoms with van der Waals surface area (Å²) in [6, 6.07) is 3.39. The quantitative estimate of drug-likeness (QED) is 0.779. The fraction of sp³-hybridized carbons (Fsp3) is 0.455. The lowest BCUT2D eigenvalue weighted by atomic mass is 9.94. The van der Waals surface area contributed by atoms with Crippen molar-refractivity contribution >= 4 is 31.9 Å². The van der Waals surface area contributed by atoms with Crippen molar-refractivity contribution in [3.63, 3.8) is 0 Å². The minimum atomic E-state index is -0.791. The van der Waals surface area contributed by atoms with E-state index >= 15 is 0 Å². The molecule has 0 aliphatic rings. The first-order valence-electron chi connectivity index (χ1n) is 4.94. The highest BCUT2D eigenvalue weighted by molar-refractivity contribution is 9.11. The topological polar surface area (TPSA) is 60.7 Å². The highest BCUT2D eigenvalue weighted by atomic mass is 79.9. The van der Waals surface area contributed by atoms with Gasteiger partial charge in [-0.05, 0) is 40.4 Å². The largest absolute Gasteiger partial charge is 0.506 e. The molecule has 0 saturated carbocycles. The number of phenolic OH excluding ortho intramolecular Hbond substituents is 1. The van der Waals surface area contributed by atoms with E-state index in [2.05, 4.69) is 31.9 Å². The number of phenols is 1. The minimum Gasteiger partial charge on any atom is -0.506 e. The van der Waals surface area contributed by atoms with Crippen LogP contribution in [0.3, 0.4) is 0 Å². The van der Waals surface area contributed by atoms with Gasteiger partial charge in [-0.15, -0.1) is 0 Å². The van der Waals surface area contributed by atoms with E-state index in [1.807, 2.05) is 6.92 Å².